The van der Waals surface area contributed by atoms with E-state index in [-0.39, 0.29) is 5.91 Å². The standard InChI is InChI=1S/C13H21N5O/c1-17(12-4-7-16-10-12)11-13(19)18(8-2-5-14)9-3-6-15/h12,16H,2-4,7-11H2,1H3. The zero-order valence-electron chi connectivity index (χ0n) is 11.4. The van der Waals surface area contributed by atoms with E-state index in [9.17, 15) is 4.79 Å². The zero-order chi connectivity index (χ0) is 14.1. The summed E-state index contributed by atoms with van der Waals surface area (Å²) in [7, 11) is 1.95. The van der Waals surface area contributed by atoms with Crippen molar-refractivity contribution in [1.82, 2.24) is 15.1 Å². The van der Waals surface area contributed by atoms with Gasteiger partial charge in [0.15, 0.2) is 0 Å². The van der Waals surface area contributed by atoms with Crippen molar-refractivity contribution >= 4 is 5.91 Å². The highest BCUT2D eigenvalue weighted by atomic mass is 16.2. The van der Waals surface area contributed by atoms with Gasteiger partial charge in [-0.3, -0.25) is 9.69 Å². The molecule has 1 saturated heterocycles. The molecule has 1 atom stereocenters. The predicted octanol–water partition coefficient (Wildman–Crippen LogP) is -0.0639. The number of nitrogens with one attached hydrogen (secondary N) is 1. The molecule has 0 aromatic rings. The molecule has 1 N–H and O–H groups in total. The third kappa shape index (κ3) is 5.25. The Morgan fingerprint density at radius 2 is 1.95 bits per heavy atom. The average molecular weight is 263 g/mol. The van der Waals surface area contributed by atoms with Crippen LogP contribution in [0.25, 0.3) is 0 Å². The molecule has 1 aliphatic rings. The Bertz CT molecular complexity index is 346. The number of hydrogen-bond donors (Lipinski definition) is 1. The van der Waals surface area contributed by atoms with Gasteiger partial charge in [-0.2, -0.15) is 10.5 Å². The Hall–Kier alpha value is -1.63. The molecular formula is C13H21N5O. The lowest BCUT2D eigenvalue weighted by Gasteiger charge is -2.27. The van der Waals surface area contributed by atoms with Crippen molar-refractivity contribution in [2.75, 3.05) is 39.8 Å². The Morgan fingerprint density at radius 1 is 1.32 bits per heavy atom. The Labute approximate surface area is 114 Å². The lowest BCUT2D eigenvalue weighted by atomic mass is 10.2. The van der Waals surface area contributed by atoms with Gasteiger partial charge in [-0.1, -0.05) is 0 Å². The Morgan fingerprint density at radius 3 is 2.42 bits per heavy atom. The summed E-state index contributed by atoms with van der Waals surface area (Å²) in [6.07, 6.45) is 1.68. The molecule has 1 heterocycles. The first-order valence-electron chi connectivity index (χ1n) is 6.61. The van der Waals surface area contributed by atoms with Gasteiger partial charge in [0.1, 0.15) is 0 Å². The van der Waals surface area contributed by atoms with Crippen LogP contribution >= 0.6 is 0 Å². The molecule has 0 spiro atoms. The highest BCUT2D eigenvalue weighted by Crippen LogP contribution is 2.07. The molecule has 0 aliphatic carbocycles. The molecule has 0 saturated carbocycles. The number of nitriles is 2. The minimum absolute atomic E-state index is 0.0000926. The van der Waals surface area contributed by atoms with Crippen molar-refractivity contribution in [3.05, 3.63) is 0 Å². The maximum atomic E-state index is 12.2. The lowest BCUT2D eigenvalue weighted by molar-refractivity contribution is -0.132. The molecule has 6 nitrogen and oxygen atoms in total. The summed E-state index contributed by atoms with van der Waals surface area (Å²) < 4.78 is 0. The van der Waals surface area contributed by atoms with Gasteiger partial charge in [0, 0.05) is 25.7 Å². The van der Waals surface area contributed by atoms with Crippen LogP contribution in [0.1, 0.15) is 19.3 Å². The molecular weight excluding hydrogens is 242 g/mol. The van der Waals surface area contributed by atoms with Gasteiger partial charge < -0.3 is 10.2 Å². The maximum Gasteiger partial charge on any atom is 0.236 e. The van der Waals surface area contributed by atoms with Crippen LogP contribution in [0.3, 0.4) is 0 Å². The molecule has 6 heteroatoms. The van der Waals surface area contributed by atoms with Crippen LogP contribution in [0.5, 0.6) is 0 Å². The fourth-order valence-electron chi connectivity index (χ4n) is 2.19. The van der Waals surface area contributed by atoms with E-state index in [1.165, 1.54) is 0 Å². The quantitative estimate of drug-likeness (QED) is 0.695. The molecule has 0 aromatic carbocycles. The van der Waals surface area contributed by atoms with Crippen LogP contribution < -0.4 is 5.32 Å². The van der Waals surface area contributed by atoms with E-state index < -0.39 is 0 Å². The Balaban J connectivity index is 2.45. The van der Waals surface area contributed by atoms with Gasteiger partial charge in [-0.25, -0.2) is 0 Å². The van der Waals surface area contributed by atoms with Crippen molar-refractivity contribution in [1.29, 1.82) is 10.5 Å². The SMILES string of the molecule is CN(CC(=O)N(CCC#N)CCC#N)C1CCNC1. The van der Waals surface area contributed by atoms with Gasteiger partial charge >= 0.3 is 0 Å². The molecule has 1 amide bonds. The molecule has 0 bridgehead atoms. The highest BCUT2D eigenvalue weighted by molar-refractivity contribution is 5.78. The van der Waals surface area contributed by atoms with Crippen LogP contribution in [0, 0.1) is 22.7 Å². The highest BCUT2D eigenvalue weighted by Gasteiger charge is 2.22. The number of carbonyl (C=O) groups excluding carboxylic acids is 1. The number of likely N-dealkylation sites (N-methyl/N-ethyl adjacent to an activating group) is 1. The summed E-state index contributed by atoms with van der Waals surface area (Å²) >= 11 is 0. The fraction of sp³-hybridized carbons (Fsp3) is 0.769. The van der Waals surface area contributed by atoms with Gasteiger partial charge in [0.25, 0.3) is 0 Å². The average Bonchev–Trinajstić information content (AvgIpc) is 2.92. The van der Waals surface area contributed by atoms with E-state index in [2.05, 4.69) is 5.32 Å². The van der Waals surface area contributed by atoms with Crippen molar-refractivity contribution in [2.24, 2.45) is 0 Å². The number of rotatable bonds is 7. The summed E-state index contributed by atoms with van der Waals surface area (Å²) in [5.74, 6) is -0.0000926. The summed E-state index contributed by atoms with van der Waals surface area (Å²) in [5.41, 5.74) is 0. The van der Waals surface area contributed by atoms with Crippen LogP contribution in [-0.4, -0.2) is 61.5 Å². The second-order valence-corrected chi connectivity index (χ2v) is 4.76. The first-order chi connectivity index (χ1) is 9.19. The predicted molar refractivity (Wildman–Crippen MR) is 70.9 cm³/mol. The number of nitrogens with zero attached hydrogens (tertiary/aromatic N) is 4. The molecule has 0 aromatic heterocycles. The fourth-order valence-corrected chi connectivity index (χ4v) is 2.19. The van der Waals surface area contributed by atoms with E-state index in [1.807, 2.05) is 24.1 Å². The minimum Gasteiger partial charge on any atom is -0.340 e. The van der Waals surface area contributed by atoms with Gasteiger partial charge in [-0.05, 0) is 20.0 Å². The lowest BCUT2D eigenvalue weighted by Crippen LogP contribution is -2.44. The van der Waals surface area contributed by atoms with Crippen LogP contribution in [0.15, 0.2) is 0 Å². The van der Waals surface area contributed by atoms with E-state index in [4.69, 9.17) is 10.5 Å². The second kappa shape index (κ2) is 8.47. The first-order valence-corrected chi connectivity index (χ1v) is 6.61. The van der Waals surface area contributed by atoms with Crippen LogP contribution in [0.2, 0.25) is 0 Å². The number of carbonyl (C=O) groups is 1. The summed E-state index contributed by atoms with van der Waals surface area (Å²) in [6.45, 7) is 3.08. The third-order valence-corrected chi connectivity index (χ3v) is 3.38. The molecule has 1 unspecified atom stereocenters. The van der Waals surface area contributed by atoms with Crippen molar-refractivity contribution < 1.29 is 4.79 Å². The van der Waals surface area contributed by atoms with Crippen molar-refractivity contribution in [3.63, 3.8) is 0 Å². The van der Waals surface area contributed by atoms with Crippen LogP contribution in [-0.2, 0) is 4.79 Å². The van der Waals surface area contributed by atoms with E-state index >= 15 is 0 Å². The zero-order valence-corrected chi connectivity index (χ0v) is 11.4. The molecule has 104 valence electrons. The third-order valence-electron chi connectivity index (χ3n) is 3.38. The molecule has 1 rings (SSSR count). The molecule has 19 heavy (non-hydrogen) atoms. The van der Waals surface area contributed by atoms with Crippen molar-refractivity contribution in [3.8, 4) is 12.1 Å². The summed E-state index contributed by atoms with van der Waals surface area (Å²) in [5, 5.41) is 20.5. The largest absolute Gasteiger partial charge is 0.340 e. The van der Waals surface area contributed by atoms with Crippen molar-refractivity contribution in [2.45, 2.75) is 25.3 Å². The molecule has 0 radical (unpaired) electrons. The monoisotopic (exact) mass is 263 g/mol. The topological polar surface area (TPSA) is 83.2 Å². The van der Waals surface area contributed by atoms with Gasteiger partial charge in [-0.15, -0.1) is 0 Å². The molecule has 1 fully saturated rings. The van der Waals surface area contributed by atoms with Crippen LogP contribution in [0.4, 0.5) is 0 Å². The van der Waals surface area contributed by atoms with E-state index in [1.54, 1.807) is 4.90 Å². The number of amides is 1. The molecule has 1 aliphatic heterocycles. The summed E-state index contributed by atoms with van der Waals surface area (Å²) in [6, 6.07) is 4.48. The normalized spacial score (nSPS) is 18.0. The second-order valence-electron chi connectivity index (χ2n) is 4.76. The van der Waals surface area contributed by atoms with Gasteiger partial charge in [0.2, 0.25) is 5.91 Å². The smallest absolute Gasteiger partial charge is 0.236 e. The van der Waals surface area contributed by atoms with E-state index in [0.29, 0.717) is 38.5 Å². The van der Waals surface area contributed by atoms with E-state index in [0.717, 1.165) is 19.5 Å². The first kappa shape index (κ1) is 15.4. The summed E-state index contributed by atoms with van der Waals surface area (Å²) in [4.78, 5) is 15.8. The minimum atomic E-state index is -0.0000926. The van der Waals surface area contributed by atoms with Gasteiger partial charge in [0.05, 0.1) is 31.5 Å². The number of hydrogen-bond acceptors (Lipinski definition) is 5. The Kier molecular flexibility index (Phi) is 6.88. The maximum absolute atomic E-state index is 12.2.